The summed E-state index contributed by atoms with van der Waals surface area (Å²) in [5.74, 6) is -1.17. The third-order valence-electron chi connectivity index (χ3n) is 5.62. The van der Waals surface area contributed by atoms with Gasteiger partial charge in [0.1, 0.15) is 6.61 Å². The summed E-state index contributed by atoms with van der Waals surface area (Å²) >= 11 is 0. The Hall–Kier alpha value is -3.39. The van der Waals surface area contributed by atoms with Gasteiger partial charge in [-0.3, -0.25) is 9.59 Å². The van der Waals surface area contributed by atoms with Crippen LogP contribution in [0.4, 0.5) is 4.79 Å². The number of carbonyl (C=O) groups is 3. The van der Waals surface area contributed by atoms with Crippen molar-refractivity contribution in [2.75, 3.05) is 26.4 Å². The number of rotatable bonds is 12. The van der Waals surface area contributed by atoms with Crippen LogP contribution in [-0.2, 0) is 19.1 Å². The summed E-state index contributed by atoms with van der Waals surface area (Å²) in [4.78, 5) is 35.0. The fourth-order valence-corrected chi connectivity index (χ4v) is 3.92. The minimum Gasteiger partial charge on any atom is -0.481 e. The first-order chi connectivity index (χ1) is 16.0. The molecule has 8 heteroatoms. The van der Waals surface area contributed by atoms with Crippen LogP contribution in [0.2, 0.25) is 0 Å². The smallest absolute Gasteiger partial charge is 0.407 e. The van der Waals surface area contributed by atoms with E-state index in [2.05, 4.69) is 34.9 Å². The number of fused-ring (bicyclic) bond motifs is 3. The molecular formula is C25H30N2O6. The van der Waals surface area contributed by atoms with E-state index in [-0.39, 0.29) is 57.1 Å². The number of aliphatic carboxylic acids is 1. The van der Waals surface area contributed by atoms with Crippen LogP contribution in [0.5, 0.6) is 0 Å². The van der Waals surface area contributed by atoms with Crippen molar-refractivity contribution in [3.63, 3.8) is 0 Å². The van der Waals surface area contributed by atoms with Gasteiger partial charge in [-0.15, -0.1) is 0 Å². The predicted molar refractivity (Wildman–Crippen MR) is 123 cm³/mol. The molecule has 3 N–H and O–H groups in total. The molecule has 1 atom stereocenters. The lowest BCUT2D eigenvalue weighted by Gasteiger charge is -2.19. The van der Waals surface area contributed by atoms with Crippen LogP contribution in [0.3, 0.4) is 0 Å². The molecule has 8 nitrogen and oxygen atoms in total. The van der Waals surface area contributed by atoms with Gasteiger partial charge in [-0.25, -0.2) is 4.79 Å². The van der Waals surface area contributed by atoms with Gasteiger partial charge in [0.05, 0.1) is 19.6 Å². The molecular weight excluding hydrogens is 424 g/mol. The second-order valence-corrected chi connectivity index (χ2v) is 7.89. The Morgan fingerprint density at radius 2 is 1.64 bits per heavy atom. The summed E-state index contributed by atoms with van der Waals surface area (Å²) in [6, 6.07) is 15.9. The van der Waals surface area contributed by atoms with Gasteiger partial charge in [0.2, 0.25) is 5.91 Å². The van der Waals surface area contributed by atoms with E-state index in [0.29, 0.717) is 6.42 Å². The normalized spacial score (nSPS) is 13.0. The highest BCUT2D eigenvalue weighted by molar-refractivity contribution is 5.79. The quantitative estimate of drug-likeness (QED) is 0.424. The van der Waals surface area contributed by atoms with Crippen molar-refractivity contribution >= 4 is 18.0 Å². The molecule has 1 unspecified atom stereocenters. The number of hydrogen-bond acceptors (Lipinski definition) is 5. The molecule has 0 radical (unpaired) electrons. The molecule has 0 aliphatic heterocycles. The van der Waals surface area contributed by atoms with Gasteiger partial charge in [0.25, 0.3) is 0 Å². The summed E-state index contributed by atoms with van der Waals surface area (Å²) in [5.41, 5.74) is 4.61. The second kappa shape index (κ2) is 12.0. The summed E-state index contributed by atoms with van der Waals surface area (Å²) in [6.07, 6.45) is 0.0758. The molecule has 3 rings (SSSR count). The van der Waals surface area contributed by atoms with Gasteiger partial charge >= 0.3 is 12.1 Å². The molecule has 0 spiro atoms. The first kappa shape index (κ1) is 24.3. The zero-order valence-corrected chi connectivity index (χ0v) is 18.7. The van der Waals surface area contributed by atoms with Gasteiger partial charge in [-0.2, -0.15) is 0 Å². The van der Waals surface area contributed by atoms with Crippen molar-refractivity contribution in [2.45, 2.75) is 38.1 Å². The third-order valence-corrected chi connectivity index (χ3v) is 5.62. The minimum atomic E-state index is -0.927. The maximum atomic E-state index is 12.4. The van der Waals surface area contributed by atoms with E-state index in [1.807, 2.05) is 31.2 Å². The lowest BCUT2D eigenvalue weighted by atomic mass is 9.98. The maximum absolute atomic E-state index is 12.4. The van der Waals surface area contributed by atoms with E-state index in [9.17, 15) is 14.4 Å². The van der Waals surface area contributed by atoms with Crippen molar-refractivity contribution < 1.29 is 29.0 Å². The zero-order chi connectivity index (χ0) is 23.6. The Labute approximate surface area is 193 Å². The average Bonchev–Trinajstić information content (AvgIpc) is 3.13. The molecule has 0 aromatic heterocycles. The number of carboxylic acids is 1. The van der Waals surface area contributed by atoms with E-state index in [1.54, 1.807) is 0 Å². The Balaban J connectivity index is 1.43. The summed E-state index contributed by atoms with van der Waals surface area (Å²) in [5, 5.41) is 14.0. The predicted octanol–water partition coefficient (Wildman–Crippen LogP) is 3.30. The van der Waals surface area contributed by atoms with Crippen LogP contribution in [-0.4, -0.2) is 55.5 Å². The highest BCUT2D eigenvalue weighted by atomic mass is 16.5. The first-order valence-corrected chi connectivity index (χ1v) is 11.2. The topological polar surface area (TPSA) is 114 Å². The van der Waals surface area contributed by atoms with Gasteiger partial charge in [0, 0.05) is 24.9 Å². The number of benzene rings is 2. The van der Waals surface area contributed by atoms with E-state index in [1.165, 1.54) is 0 Å². The van der Waals surface area contributed by atoms with Crippen LogP contribution in [0.1, 0.15) is 43.2 Å². The third kappa shape index (κ3) is 6.79. The fraction of sp³-hybridized carbons (Fsp3) is 0.400. The van der Waals surface area contributed by atoms with E-state index >= 15 is 0 Å². The maximum Gasteiger partial charge on any atom is 0.407 e. The largest absolute Gasteiger partial charge is 0.481 e. The molecule has 0 fully saturated rings. The van der Waals surface area contributed by atoms with Crippen LogP contribution < -0.4 is 10.6 Å². The Kier molecular flexibility index (Phi) is 8.83. The van der Waals surface area contributed by atoms with Crippen LogP contribution in [0.25, 0.3) is 11.1 Å². The summed E-state index contributed by atoms with van der Waals surface area (Å²) in [7, 11) is 0. The lowest BCUT2D eigenvalue weighted by molar-refractivity contribution is -0.138. The summed E-state index contributed by atoms with van der Waals surface area (Å²) in [6.45, 7) is 2.72. The zero-order valence-electron chi connectivity index (χ0n) is 18.7. The highest BCUT2D eigenvalue weighted by Crippen LogP contribution is 2.44. The number of alkyl carbamates (subject to hydrolysis) is 1. The monoisotopic (exact) mass is 454 g/mol. The Bertz CT molecular complexity index is 931. The number of nitrogens with one attached hydrogen (secondary N) is 2. The summed E-state index contributed by atoms with van der Waals surface area (Å²) < 4.78 is 10.7. The molecule has 2 amide bonds. The van der Waals surface area contributed by atoms with E-state index in [0.717, 1.165) is 22.3 Å². The second-order valence-electron chi connectivity index (χ2n) is 7.89. The first-order valence-electron chi connectivity index (χ1n) is 11.2. The molecule has 33 heavy (non-hydrogen) atoms. The number of carboxylic acid groups (broad SMARTS) is 1. The molecule has 176 valence electrons. The van der Waals surface area contributed by atoms with Gasteiger partial charge in [-0.1, -0.05) is 55.5 Å². The average molecular weight is 455 g/mol. The minimum absolute atomic E-state index is 0.0207. The number of hydrogen-bond donors (Lipinski definition) is 3. The molecule has 0 saturated carbocycles. The van der Waals surface area contributed by atoms with Gasteiger partial charge in [-0.05, 0) is 28.7 Å². The molecule has 2 aromatic carbocycles. The van der Waals surface area contributed by atoms with Crippen molar-refractivity contribution in [1.29, 1.82) is 0 Å². The molecule has 0 bridgehead atoms. The number of ether oxygens (including phenoxy) is 2. The number of carbonyl (C=O) groups excluding carboxylic acids is 2. The fourth-order valence-electron chi connectivity index (χ4n) is 3.92. The van der Waals surface area contributed by atoms with Crippen molar-refractivity contribution in [3.05, 3.63) is 59.7 Å². The van der Waals surface area contributed by atoms with Crippen LogP contribution >= 0.6 is 0 Å². The lowest BCUT2D eigenvalue weighted by Crippen LogP contribution is -2.40. The van der Waals surface area contributed by atoms with Crippen LogP contribution in [0.15, 0.2) is 48.5 Å². The van der Waals surface area contributed by atoms with E-state index < -0.39 is 12.1 Å². The number of amides is 2. The van der Waals surface area contributed by atoms with Gasteiger partial charge in [0.15, 0.2) is 0 Å². The molecule has 2 aromatic rings. The molecule has 0 heterocycles. The Morgan fingerprint density at radius 3 is 2.24 bits per heavy atom. The molecule has 0 saturated heterocycles. The van der Waals surface area contributed by atoms with Crippen molar-refractivity contribution in [3.8, 4) is 11.1 Å². The van der Waals surface area contributed by atoms with Crippen LogP contribution in [0, 0.1) is 0 Å². The van der Waals surface area contributed by atoms with Crippen molar-refractivity contribution in [2.24, 2.45) is 0 Å². The van der Waals surface area contributed by atoms with E-state index in [4.69, 9.17) is 14.6 Å². The SMILES string of the molecule is CCC(CC(=O)NCCOCCC(=O)O)NC(=O)OCC1c2ccccc2-c2ccccc21. The molecule has 1 aliphatic carbocycles. The highest BCUT2D eigenvalue weighted by Gasteiger charge is 2.29. The molecule has 1 aliphatic rings. The Morgan fingerprint density at radius 1 is 1.00 bits per heavy atom. The van der Waals surface area contributed by atoms with Gasteiger partial charge < -0.3 is 25.2 Å². The van der Waals surface area contributed by atoms with Crippen molar-refractivity contribution in [1.82, 2.24) is 10.6 Å². The standard InChI is InChI=1S/C25H30N2O6/c1-2-17(15-23(28)26-12-14-32-13-11-24(29)30)27-25(31)33-16-22-20-9-5-3-7-18(20)19-8-4-6-10-21(19)22/h3-10,17,22H,2,11-16H2,1H3,(H,26,28)(H,27,31)(H,29,30).